The molecular weight excluding hydrogens is 324 g/mol. The maximum absolute atomic E-state index is 12.4. The molecule has 0 aliphatic rings. The lowest BCUT2D eigenvalue weighted by Crippen LogP contribution is -2.26. The monoisotopic (exact) mass is 340 g/mol. The molecule has 6 nitrogen and oxygen atoms in total. The number of anilines is 1. The third-order valence-corrected chi connectivity index (χ3v) is 4.35. The first kappa shape index (κ1) is 15.9. The van der Waals surface area contributed by atoms with E-state index in [9.17, 15) is 9.59 Å². The summed E-state index contributed by atoms with van der Waals surface area (Å²) in [5.41, 5.74) is 1.91. The molecule has 2 heterocycles. The average Bonchev–Trinajstić information content (AvgIpc) is 3.29. The first-order chi connectivity index (χ1) is 11.6. The summed E-state index contributed by atoms with van der Waals surface area (Å²) in [6.45, 7) is 0.399. The van der Waals surface area contributed by atoms with Crippen LogP contribution >= 0.6 is 11.3 Å². The van der Waals surface area contributed by atoms with Crippen LogP contribution < -0.4 is 5.32 Å². The molecule has 0 saturated carbocycles. The number of carbonyl (C=O) groups is 2. The molecule has 2 aromatic heterocycles. The second-order valence-electron chi connectivity index (χ2n) is 5.22. The number of aromatic amines is 1. The van der Waals surface area contributed by atoms with Gasteiger partial charge in [0.15, 0.2) is 0 Å². The molecule has 0 spiro atoms. The predicted octanol–water partition coefficient (Wildman–Crippen LogP) is 3.00. The molecule has 1 aromatic carbocycles. The largest absolute Gasteiger partial charge is 0.337 e. The second kappa shape index (κ2) is 7.10. The van der Waals surface area contributed by atoms with Crippen molar-refractivity contribution in [3.8, 4) is 0 Å². The number of hydrogen-bond donors (Lipinski definition) is 2. The number of amides is 2. The van der Waals surface area contributed by atoms with Gasteiger partial charge in [0.2, 0.25) is 0 Å². The summed E-state index contributed by atoms with van der Waals surface area (Å²) in [6, 6.07) is 12.7. The zero-order chi connectivity index (χ0) is 16.9. The van der Waals surface area contributed by atoms with E-state index in [1.807, 2.05) is 35.7 Å². The van der Waals surface area contributed by atoms with Gasteiger partial charge in [-0.2, -0.15) is 5.10 Å². The van der Waals surface area contributed by atoms with Crippen LogP contribution in [-0.2, 0) is 6.54 Å². The normalized spacial score (nSPS) is 10.4. The van der Waals surface area contributed by atoms with Crippen LogP contribution in [0.3, 0.4) is 0 Å². The molecule has 0 aliphatic heterocycles. The van der Waals surface area contributed by atoms with Crippen molar-refractivity contribution in [1.82, 2.24) is 15.1 Å². The number of thiophene rings is 1. The first-order valence-corrected chi connectivity index (χ1v) is 8.20. The molecule has 3 aromatic rings. The second-order valence-corrected chi connectivity index (χ2v) is 6.17. The van der Waals surface area contributed by atoms with Crippen LogP contribution in [0.1, 0.15) is 25.7 Å². The van der Waals surface area contributed by atoms with Crippen LogP contribution in [0.2, 0.25) is 0 Å². The van der Waals surface area contributed by atoms with Crippen LogP contribution in [0, 0.1) is 0 Å². The lowest BCUT2D eigenvalue weighted by molar-refractivity contribution is 0.0790. The van der Waals surface area contributed by atoms with Crippen LogP contribution in [-0.4, -0.2) is 34.0 Å². The van der Waals surface area contributed by atoms with Crippen molar-refractivity contribution >= 4 is 28.8 Å². The van der Waals surface area contributed by atoms with Crippen LogP contribution in [0.5, 0.6) is 0 Å². The SMILES string of the molecule is CN(Cc1ccccc1NC(=O)c1ccn[nH]1)C(=O)c1cccs1. The molecule has 24 heavy (non-hydrogen) atoms. The van der Waals surface area contributed by atoms with E-state index in [2.05, 4.69) is 15.5 Å². The van der Waals surface area contributed by atoms with Crippen molar-refractivity contribution < 1.29 is 9.59 Å². The lowest BCUT2D eigenvalue weighted by atomic mass is 10.1. The molecule has 0 bridgehead atoms. The molecular formula is C17H16N4O2S. The fraction of sp³-hybridized carbons (Fsp3) is 0.118. The number of hydrogen-bond acceptors (Lipinski definition) is 4. The Morgan fingerprint density at radius 1 is 1.21 bits per heavy atom. The molecule has 0 atom stereocenters. The van der Waals surface area contributed by atoms with Crippen molar-refractivity contribution in [2.45, 2.75) is 6.54 Å². The Labute approximate surface area is 143 Å². The van der Waals surface area contributed by atoms with Crippen LogP contribution in [0.25, 0.3) is 0 Å². The molecule has 7 heteroatoms. The van der Waals surface area contributed by atoms with Gasteiger partial charge in [-0.1, -0.05) is 24.3 Å². The Morgan fingerprint density at radius 2 is 2.04 bits per heavy atom. The van der Waals surface area contributed by atoms with Crippen molar-refractivity contribution in [1.29, 1.82) is 0 Å². The number of para-hydroxylation sites is 1. The topological polar surface area (TPSA) is 78.1 Å². The van der Waals surface area contributed by atoms with E-state index in [-0.39, 0.29) is 11.8 Å². The van der Waals surface area contributed by atoms with Gasteiger partial charge >= 0.3 is 0 Å². The first-order valence-electron chi connectivity index (χ1n) is 7.33. The Hall–Kier alpha value is -2.93. The molecule has 3 rings (SSSR count). The molecule has 0 aliphatic carbocycles. The zero-order valence-electron chi connectivity index (χ0n) is 13.0. The highest BCUT2D eigenvalue weighted by atomic mass is 32.1. The third-order valence-electron chi connectivity index (χ3n) is 3.50. The van der Waals surface area contributed by atoms with Crippen molar-refractivity contribution in [3.05, 3.63) is 70.2 Å². The van der Waals surface area contributed by atoms with E-state index in [4.69, 9.17) is 0 Å². The van der Waals surface area contributed by atoms with E-state index < -0.39 is 0 Å². The van der Waals surface area contributed by atoms with E-state index in [0.717, 1.165) is 5.56 Å². The summed E-state index contributed by atoms with van der Waals surface area (Å²) in [5.74, 6) is -0.313. The number of nitrogens with zero attached hydrogens (tertiary/aromatic N) is 2. The van der Waals surface area contributed by atoms with Crippen LogP contribution in [0.4, 0.5) is 5.69 Å². The Morgan fingerprint density at radius 3 is 2.75 bits per heavy atom. The van der Waals surface area contributed by atoms with E-state index in [1.54, 1.807) is 24.1 Å². The van der Waals surface area contributed by atoms with Gasteiger partial charge in [-0.05, 0) is 29.1 Å². The molecule has 0 radical (unpaired) electrons. The quantitative estimate of drug-likeness (QED) is 0.749. The highest BCUT2D eigenvalue weighted by Gasteiger charge is 2.15. The number of H-pyrrole nitrogens is 1. The number of benzene rings is 1. The van der Waals surface area contributed by atoms with E-state index >= 15 is 0 Å². The predicted molar refractivity (Wildman–Crippen MR) is 93.1 cm³/mol. The van der Waals surface area contributed by atoms with E-state index in [0.29, 0.717) is 22.8 Å². The van der Waals surface area contributed by atoms with Crippen molar-refractivity contribution in [2.24, 2.45) is 0 Å². The van der Waals surface area contributed by atoms with Gasteiger partial charge in [0.1, 0.15) is 5.69 Å². The molecule has 0 unspecified atom stereocenters. The van der Waals surface area contributed by atoms with Gasteiger partial charge in [0, 0.05) is 25.5 Å². The average molecular weight is 340 g/mol. The fourth-order valence-corrected chi connectivity index (χ4v) is 2.99. The maximum atomic E-state index is 12.4. The minimum absolute atomic E-state index is 0.0419. The Kier molecular flexibility index (Phi) is 4.72. The smallest absolute Gasteiger partial charge is 0.273 e. The number of aromatic nitrogens is 2. The molecule has 0 fully saturated rings. The van der Waals surface area contributed by atoms with E-state index in [1.165, 1.54) is 17.5 Å². The molecule has 0 saturated heterocycles. The molecule has 2 amide bonds. The maximum Gasteiger partial charge on any atom is 0.273 e. The van der Waals surface area contributed by atoms with Gasteiger partial charge in [-0.25, -0.2) is 0 Å². The van der Waals surface area contributed by atoms with Gasteiger partial charge in [0.25, 0.3) is 11.8 Å². The zero-order valence-corrected chi connectivity index (χ0v) is 13.8. The highest BCUT2D eigenvalue weighted by molar-refractivity contribution is 7.12. The fourth-order valence-electron chi connectivity index (χ4n) is 2.27. The summed E-state index contributed by atoms with van der Waals surface area (Å²) in [5, 5.41) is 11.1. The highest BCUT2D eigenvalue weighted by Crippen LogP contribution is 2.19. The summed E-state index contributed by atoms with van der Waals surface area (Å²) in [4.78, 5) is 26.9. The molecule has 2 N–H and O–H groups in total. The Balaban J connectivity index is 1.74. The lowest BCUT2D eigenvalue weighted by Gasteiger charge is -2.19. The van der Waals surface area contributed by atoms with Gasteiger partial charge in [-0.15, -0.1) is 11.3 Å². The van der Waals surface area contributed by atoms with Crippen LogP contribution in [0.15, 0.2) is 54.0 Å². The van der Waals surface area contributed by atoms with Gasteiger partial charge in [0.05, 0.1) is 4.88 Å². The third kappa shape index (κ3) is 3.52. The summed E-state index contributed by atoms with van der Waals surface area (Å²) in [7, 11) is 1.75. The molecule has 122 valence electrons. The minimum Gasteiger partial charge on any atom is -0.337 e. The van der Waals surface area contributed by atoms with Gasteiger partial charge in [-0.3, -0.25) is 14.7 Å². The Bertz CT molecular complexity index is 828. The standard InChI is InChI=1S/C17H16N4O2S/c1-21(17(23)15-7-4-10-24-15)11-12-5-2-3-6-13(12)19-16(22)14-8-9-18-20-14/h2-10H,11H2,1H3,(H,18,20)(H,19,22). The van der Waals surface area contributed by atoms with Crippen molar-refractivity contribution in [3.63, 3.8) is 0 Å². The summed E-state index contributed by atoms with van der Waals surface area (Å²) >= 11 is 1.41. The summed E-state index contributed by atoms with van der Waals surface area (Å²) < 4.78 is 0. The summed E-state index contributed by atoms with van der Waals surface area (Å²) in [6.07, 6.45) is 1.52. The number of nitrogens with one attached hydrogen (secondary N) is 2. The van der Waals surface area contributed by atoms with Gasteiger partial charge < -0.3 is 10.2 Å². The number of carbonyl (C=O) groups excluding carboxylic acids is 2. The minimum atomic E-state index is -0.271. The van der Waals surface area contributed by atoms with Crippen molar-refractivity contribution in [2.75, 3.05) is 12.4 Å². The number of rotatable bonds is 5.